The number of amides is 2. The minimum absolute atomic E-state index is 0.0514. The van der Waals surface area contributed by atoms with E-state index in [-0.39, 0.29) is 30.0 Å². The van der Waals surface area contributed by atoms with Crippen LogP contribution in [0.25, 0.3) is 0 Å². The Labute approximate surface area is 118 Å². The fourth-order valence-corrected chi connectivity index (χ4v) is 4.54. The third-order valence-electron chi connectivity index (χ3n) is 4.11. The minimum atomic E-state index is -3.09. The molecule has 0 radical (unpaired) electrons. The summed E-state index contributed by atoms with van der Waals surface area (Å²) in [7, 11) is -3.09. The number of rotatable bonds is 1. The maximum Gasteiger partial charge on any atom is 0.326 e. The summed E-state index contributed by atoms with van der Waals surface area (Å²) in [4.78, 5) is 26.6. The van der Waals surface area contributed by atoms with Gasteiger partial charge in [-0.3, -0.25) is 0 Å². The normalized spacial score (nSPS) is 33.2. The summed E-state index contributed by atoms with van der Waals surface area (Å²) in [5.41, 5.74) is 0. The molecule has 114 valence electrons. The summed E-state index contributed by atoms with van der Waals surface area (Å²) in [6.45, 7) is 4.05. The van der Waals surface area contributed by atoms with E-state index in [4.69, 9.17) is 0 Å². The van der Waals surface area contributed by atoms with Gasteiger partial charge in [-0.05, 0) is 19.3 Å². The molecule has 8 heteroatoms. The van der Waals surface area contributed by atoms with Gasteiger partial charge in [0.05, 0.1) is 11.5 Å². The number of hydrogen-bond acceptors (Lipinski definition) is 4. The highest BCUT2D eigenvalue weighted by molar-refractivity contribution is 7.91. The van der Waals surface area contributed by atoms with Gasteiger partial charge in [-0.15, -0.1) is 0 Å². The first-order chi connectivity index (χ1) is 9.23. The molecule has 2 saturated heterocycles. The quantitative estimate of drug-likeness (QED) is 0.737. The van der Waals surface area contributed by atoms with Crippen molar-refractivity contribution in [3.05, 3.63) is 0 Å². The molecule has 2 rings (SSSR count). The van der Waals surface area contributed by atoms with E-state index in [1.807, 2.05) is 6.92 Å². The van der Waals surface area contributed by atoms with Crippen molar-refractivity contribution in [1.29, 1.82) is 0 Å². The Morgan fingerprint density at radius 3 is 2.35 bits per heavy atom. The number of likely N-dealkylation sites (tertiary alicyclic amines) is 1. The molecule has 2 fully saturated rings. The standard InChI is InChI=1S/C12H20N2O5S/c1-8-3-4-14(10(8)11(15)16)12(17)13-5-6-20(18,19)7-9(13)2/h8-10H,3-7H2,1-2H3,(H,15,16). The third kappa shape index (κ3) is 2.74. The Hall–Kier alpha value is -1.31. The summed E-state index contributed by atoms with van der Waals surface area (Å²) in [6, 6.07) is -1.58. The van der Waals surface area contributed by atoms with Crippen LogP contribution in [0.3, 0.4) is 0 Å². The smallest absolute Gasteiger partial charge is 0.326 e. The minimum Gasteiger partial charge on any atom is -0.480 e. The fraction of sp³-hybridized carbons (Fsp3) is 0.833. The number of aliphatic carboxylic acids is 1. The van der Waals surface area contributed by atoms with Gasteiger partial charge in [0.15, 0.2) is 9.84 Å². The monoisotopic (exact) mass is 304 g/mol. The number of carboxylic acid groups (broad SMARTS) is 1. The Bertz CT molecular complexity index is 518. The van der Waals surface area contributed by atoms with Crippen LogP contribution in [0, 0.1) is 5.92 Å². The van der Waals surface area contributed by atoms with E-state index >= 15 is 0 Å². The number of carboxylic acids is 1. The lowest BCUT2D eigenvalue weighted by Crippen LogP contribution is -2.56. The molecule has 0 aliphatic carbocycles. The highest BCUT2D eigenvalue weighted by Gasteiger charge is 2.43. The van der Waals surface area contributed by atoms with Crippen LogP contribution < -0.4 is 0 Å². The van der Waals surface area contributed by atoms with E-state index < -0.39 is 27.9 Å². The van der Waals surface area contributed by atoms with Crippen molar-refractivity contribution < 1.29 is 23.1 Å². The maximum absolute atomic E-state index is 12.5. The molecule has 2 aliphatic rings. The average Bonchev–Trinajstić information content (AvgIpc) is 2.69. The van der Waals surface area contributed by atoms with E-state index in [2.05, 4.69) is 0 Å². The number of carbonyl (C=O) groups is 2. The average molecular weight is 304 g/mol. The molecule has 0 bridgehead atoms. The molecule has 7 nitrogen and oxygen atoms in total. The lowest BCUT2D eigenvalue weighted by Gasteiger charge is -2.37. The lowest BCUT2D eigenvalue weighted by atomic mass is 10.0. The summed E-state index contributed by atoms with van der Waals surface area (Å²) in [6.07, 6.45) is 0.656. The molecule has 1 N–H and O–H groups in total. The van der Waals surface area contributed by atoms with Crippen molar-refractivity contribution in [2.24, 2.45) is 5.92 Å². The van der Waals surface area contributed by atoms with Gasteiger partial charge in [0.25, 0.3) is 0 Å². The van der Waals surface area contributed by atoms with Gasteiger partial charge in [-0.1, -0.05) is 6.92 Å². The van der Waals surface area contributed by atoms with E-state index in [9.17, 15) is 23.1 Å². The van der Waals surface area contributed by atoms with Gasteiger partial charge in [-0.2, -0.15) is 0 Å². The number of carbonyl (C=O) groups excluding carboxylic acids is 1. The lowest BCUT2D eigenvalue weighted by molar-refractivity contribution is -0.142. The summed E-state index contributed by atoms with van der Waals surface area (Å²) in [5, 5.41) is 9.24. The van der Waals surface area contributed by atoms with Gasteiger partial charge in [0, 0.05) is 19.1 Å². The Morgan fingerprint density at radius 2 is 1.80 bits per heavy atom. The van der Waals surface area contributed by atoms with Crippen molar-refractivity contribution in [2.45, 2.75) is 32.4 Å². The van der Waals surface area contributed by atoms with Gasteiger partial charge in [0.1, 0.15) is 6.04 Å². The van der Waals surface area contributed by atoms with Gasteiger partial charge < -0.3 is 14.9 Å². The van der Waals surface area contributed by atoms with E-state index in [0.29, 0.717) is 13.0 Å². The number of nitrogens with zero attached hydrogens (tertiary/aromatic N) is 2. The van der Waals surface area contributed by atoms with Crippen LogP contribution in [0.2, 0.25) is 0 Å². The zero-order chi connectivity index (χ0) is 15.1. The molecular weight excluding hydrogens is 284 g/mol. The van der Waals surface area contributed by atoms with Crippen LogP contribution in [-0.2, 0) is 14.6 Å². The first kappa shape index (κ1) is 15.1. The SMILES string of the molecule is CC1CCN(C(=O)N2CCS(=O)(=O)CC2C)C1C(=O)O. The second-order valence-electron chi connectivity index (χ2n) is 5.68. The van der Waals surface area contributed by atoms with Crippen molar-refractivity contribution >= 4 is 21.8 Å². The van der Waals surface area contributed by atoms with Crippen LogP contribution in [0.5, 0.6) is 0 Å². The topological polar surface area (TPSA) is 95.0 Å². The molecule has 0 saturated carbocycles. The first-order valence-corrected chi connectivity index (χ1v) is 8.55. The van der Waals surface area contributed by atoms with Crippen LogP contribution in [0.4, 0.5) is 4.79 Å². The summed E-state index contributed by atoms with van der Waals surface area (Å²) in [5.74, 6) is -1.19. The van der Waals surface area contributed by atoms with Crippen LogP contribution in [0.15, 0.2) is 0 Å². The zero-order valence-electron chi connectivity index (χ0n) is 11.7. The van der Waals surface area contributed by atoms with Crippen molar-refractivity contribution in [3.8, 4) is 0 Å². The van der Waals surface area contributed by atoms with Crippen molar-refractivity contribution in [2.75, 3.05) is 24.6 Å². The number of sulfone groups is 1. The van der Waals surface area contributed by atoms with E-state index in [1.165, 1.54) is 9.80 Å². The maximum atomic E-state index is 12.5. The molecule has 0 aromatic heterocycles. The van der Waals surface area contributed by atoms with Crippen LogP contribution >= 0.6 is 0 Å². The summed E-state index contributed by atoms with van der Waals surface area (Å²) >= 11 is 0. The fourth-order valence-electron chi connectivity index (χ4n) is 2.99. The Morgan fingerprint density at radius 1 is 1.15 bits per heavy atom. The molecule has 3 atom stereocenters. The Kier molecular flexibility index (Phi) is 3.95. The van der Waals surface area contributed by atoms with Gasteiger partial charge >= 0.3 is 12.0 Å². The van der Waals surface area contributed by atoms with Gasteiger partial charge in [-0.25, -0.2) is 18.0 Å². The predicted molar refractivity (Wildman–Crippen MR) is 72.1 cm³/mol. The predicted octanol–water partition coefficient (Wildman–Crippen LogP) is 0.0203. The van der Waals surface area contributed by atoms with Crippen molar-refractivity contribution in [3.63, 3.8) is 0 Å². The largest absolute Gasteiger partial charge is 0.480 e. The molecule has 2 amide bonds. The van der Waals surface area contributed by atoms with E-state index in [1.54, 1.807) is 6.92 Å². The Balaban J connectivity index is 2.14. The second-order valence-corrected chi connectivity index (χ2v) is 7.91. The third-order valence-corrected chi connectivity index (χ3v) is 5.91. The molecule has 0 aromatic rings. The number of urea groups is 1. The highest BCUT2D eigenvalue weighted by atomic mass is 32.2. The van der Waals surface area contributed by atoms with Crippen LogP contribution in [0.1, 0.15) is 20.3 Å². The molecule has 0 spiro atoms. The van der Waals surface area contributed by atoms with Gasteiger partial charge in [0.2, 0.25) is 0 Å². The first-order valence-electron chi connectivity index (χ1n) is 6.73. The molecule has 0 aromatic carbocycles. The van der Waals surface area contributed by atoms with E-state index in [0.717, 1.165) is 0 Å². The molecule has 20 heavy (non-hydrogen) atoms. The second kappa shape index (κ2) is 5.23. The molecular formula is C12H20N2O5S. The summed E-state index contributed by atoms with van der Waals surface area (Å²) < 4.78 is 23.1. The highest BCUT2D eigenvalue weighted by Crippen LogP contribution is 2.26. The van der Waals surface area contributed by atoms with Crippen LogP contribution in [-0.4, -0.2) is 72.0 Å². The molecule has 2 aliphatic heterocycles. The number of hydrogen-bond donors (Lipinski definition) is 1. The van der Waals surface area contributed by atoms with Crippen molar-refractivity contribution in [1.82, 2.24) is 9.80 Å². The molecule has 2 heterocycles. The zero-order valence-corrected chi connectivity index (χ0v) is 12.5. The molecule has 3 unspecified atom stereocenters.